The summed E-state index contributed by atoms with van der Waals surface area (Å²) in [4.78, 5) is 26.0. The topological polar surface area (TPSA) is 95.9 Å². The molecule has 0 fully saturated rings. The summed E-state index contributed by atoms with van der Waals surface area (Å²) in [5.74, 6) is -0.548. The Labute approximate surface area is 358 Å². The lowest BCUT2D eigenvalue weighted by Crippen LogP contribution is -2.46. The number of hydrogen-bond acceptors (Lipinski definition) is 5. The molecule has 58 heavy (non-hydrogen) atoms. The first-order chi connectivity index (χ1) is 28.5. The minimum Gasteiger partial charge on any atom is -0.462 e. The molecule has 0 radical (unpaired) electrons. The molecule has 1 amide bonds. The van der Waals surface area contributed by atoms with Crippen LogP contribution in [0.2, 0.25) is 0 Å². The molecule has 0 heterocycles. The molecule has 0 spiro atoms. The summed E-state index contributed by atoms with van der Waals surface area (Å²) in [5, 5.41) is 23.7. The van der Waals surface area contributed by atoms with E-state index in [-0.39, 0.29) is 24.9 Å². The van der Waals surface area contributed by atoms with Crippen LogP contribution in [0, 0.1) is 0 Å². The minimum absolute atomic E-state index is 0.0329. The Morgan fingerprint density at radius 1 is 0.517 bits per heavy atom. The highest BCUT2D eigenvalue weighted by Crippen LogP contribution is 2.16. The van der Waals surface area contributed by atoms with Gasteiger partial charge in [-0.3, -0.25) is 9.59 Å². The summed E-state index contributed by atoms with van der Waals surface area (Å²) in [7, 11) is 0. The summed E-state index contributed by atoms with van der Waals surface area (Å²) in [6.07, 6.45) is 55.7. The molecule has 336 valence electrons. The first-order valence-electron chi connectivity index (χ1n) is 24.5. The summed E-state index contributed by atoms with van der Waals surface area (Å²) in [5.41, 5.74) is 0. The molecule has 3 atom stereocenters. The zero-order valence-corrected chi connectivity index (χ0v) is 38.2. The van der Waals surface area contributed by atoms with Crippen molar-refractivity contribution in [1.29, 1.82) is 0 Å². The van der Waals surface area contributed by atoms with Crippen molar-refractivity contribution in [3.8, 4) is 0 Å². The van der Waals surface area contributed by atoms with E-state index in [4.69, 9.17) is 4.74 Å². The van der Waals surface area contributed by atoms with Gasteiger partial charge in [-0.25, -0.2) is 0 Å². The van der Waals surface area contributed by atoms with E-state index >= 15 is 0 Å². The molecule has 3 N–H and O–H groups in total. The zero-order chi connectivity index (χ0) is 42.4. The first kappa shape index (κ1) is 55.6. The van der Waals surface area contributed by atoms with Gasteiger partial charge >= 0.3 is 5.97 Å². The standard InChI is InChI=1S/C52H93NO5/c1-4-7-10-13-16-19-22-25-27-28-31-34-37-40-43-48(58-52(57)45-42-39-36-33-30-26-23-20-17-14-11-8-5-2)46-51(56)53-49(47-54)50(55)44-41-38-35-32-29-24-21-18-15-12-9-6-3/h7,10,16,19,25-27,30-31,34,48-50,54-55H,4-6,8-9,11-15,17-18,20-24,28-29,32-33,35-47H2,1-3H3,(H,53,56)/b10-7+,19-16+,27-25+,30-26-,34-31+. The van der Waals surface area contributed by atoms with Crippen molar-refractivity contribution >= 4 is 11.9 Å². The number of aliphatic hydroxyl groups is 2. The Morgan fingerprint density at radius 3 is 1.47 bits per heavy atom. The van der Waals surface area contributed by atoms with Gasteiger partial charge in [-0.15, -0.1) is 0 Å². The monoisotopic (exact) mass is 812 g/mol. The molecule has 0 aromatic rings. The fourth-order valence-corrected chi connectivity index (χ4v) is 7.13. The van der Waals surface area contributed by atoms with E-state index in [2.05, 4.69) is 86.8 Å². The number of aliphatic hydroxyl groups excluding tert-OH is 2. The second-order valence-corrected chi connectivity index (χ2v) is 16.5. The molecule has 0 rings (SSSR count). The zero-order valence-electron chi connectivity index (χ0n) is 38.2. The number of carbonyl (C=O) groups excluding carboxylic acids is 2. The maximum atomic E-state index is 13.2. The average molecular weight is 812 g/mol. The number of hydrogen-bond donors (Lipinski definition) is 3. The second kappa shape index (κ2) is 45.6. The lowest BCUT2D eigenvalue weighted by Gasteiger charge is -2.24. The van der Waals surface area contributed by atoms with Crippen LogP contribution < -0.4 is 5.32 Å². The SMILES string of the molecule is CC/C=C/C/C=C/C/C=C/C/C=C/CCCC(CC(=O)NC(CO)C(O)CCCCCCCCCCCCCC)OC(=O)CCCCC/C=C\CCCCCCCC. The summed E-state index contributed by atoms with van der Waals surface area (Å²) < 4.78 is 5.88. The van der Waals surface area contributed by atoms with Crippen LogP contribution in [0.25, 0.3) is 0 Å². The van der Waals surface area contributed by atoms with Crippen LogP contribution in [0.1, 0.15) is 233 Å². The van der Waals surface area contributed by atoms with Crippen molar-refractivity contribution in [1.82, 2.24) is 5.32 Å². The molecule has 0 aromatic heterocycles. The van der Waals surface area contributed by atoms with Crippen molar-refractivity contribution < 1.29 is 24.5 Å². The van der Waals surface area contributed by atoms with Gasteiger partial charge in [-0.1, -0.05) is 197 Å². The largest absolute Gasteiger partial charge is 0.462 e. The number of esters is 1. The van der Waals surface area contributed by atoms with Gasteiger partial charge in [0, 0.05) is 6.42 Å². The molecule has 6 heteroatoms. The maximum absolute atomic E-state index is 13.2. The molecular weight excluding hydrogens is 719 g/mol. The number of ether oxygens (including phenoxy) is 1. The van der Waals surface area contributed by atoms with Gasteiger partial charge in [0.25, 0.3) is 0 Å². The minimum atomic E-state index is -0.804. The summed E-state index contributed by atoms with van der Waals surface area (Å²) >= 11 is 0. The third-order valence-electron chi connectivity index (χ3n) is 10.8. The van der Waals surface area contributed by atoms with Gasteiger partial charge in [0.15, 0.2) is 0 Å². The van der Waals surface area contributed by atoms with Crippen molar-refractivity contribution in [2.24, 2.45) is 0 Å². The van der Waals surface area contributed by atoms with Gasteiger partial charge in [-0.05, 0) is 83.5 Å². The van der Waals surface area contributed by atoms with Crippen LogP contribution in [0.15, 0.2) is 60.8 Å². The van der Waals surface area contributed by atoms with Crippen molar-refractivity contribution in [3.63, 3.8) is 0 Å². The van der Waals surface area contributed by atoms with Gasteiger partial charge in [0.05, 0.1) is 25.2 Å². The predicted molar refractivity (Wildman–Crippen MR) is 250 cm³/mol. The Balaban J connectivity index is 4.71. The number of rotatable bonds is 43. The number of amides is 1. The maximum Gasteiger partial charge on any atom is 0.306 e. The quantitative estimate of drug-likeness (QED) is 0.0324. The molecule has 0 aliphatic rings. The van der Waals surface area contributed by atoms with Crippen molar-refractivity contribution in [2.75, 3.05) is 6.61 Å². The van der Waals surface area contributed by atoms with Crippen LogP contribution in [-0.4, -0.2) is 46.9 Å². The lowest BCUT2D eigenvalue weighted by atomic mass is 10.0. The Hall–Kier alpha value is -2.44. The van der Waals surface area contributed by atoms with Gasteiger partial charge in [-0.2, -0.15) is 0 Å². The lowest BCUT2D eigenvalue weighted by molar-refractivity contribution is -0.151. The molecule has 3 unspecified atom stereocenters. The van der Waals surface area contributed by atoms with E-state index in [0.29, 0.717) is 19.3 Å². The normalized spacial score (nSPS) is 13.8. The number of allylic oxidation sites excluding steroid dienone is 10. The summed E-state index contributed by atoms with van der Waals surface area (Å²) in [6.45, 7) is 6.33. The van der Waals surface area contributed by atoms with E-state index in [1.54, 1.807) is 0 Å². The van der Waals surface area contributed by atoms with E-state index in [1.807, 2.05) is 0 Å². The fraction of sp³-hybridized carbons (Fsp3) is 0.769. The van der Waals surface area contributed by atoms with Crippen LogP contribution in [0.4, 0.5) is 0 Å². The molecular formula is C52H93NO5. The Morgan fingerprint density at radius 2 is 0.948 bits per heavy atom. The van der Waals surface area contributed by atoms with Gasteiger partial charge in [0.2, 0.25) is 5.91 Å². The van der Waals surface area contributed by atoms with E-state index in [0.717, 1.165) is 89.9 Å². The molecule has 0 bridgehead atoms. The van der Waals surface area contributed by atoms with Crippen molar-refractivity contribution in [2.45, 2.75) is 251 Å². The third-order valence-corrected chi connectivity index (χ3v) is 10.8. The van der Waals surface area contributed by atoms with Crippen LogP contribution >= 0.6 is 0 Å². The van der Waals surface area contributed by atoms with Crippen LogP contribution in [0.5, 0.6) is 0 Å². The number of unbranched alkanes of at least 4 members (excludes halogenated alkanes) is 21. The van der Waals surface area contributed by atoms with Gasteiger partial charge in [0.1, 0.15) is 6.10 Å². The Bertz CT molecular complexity index is 1050. The predicted octanol–water partition coefficient (Wildman–Crippen LogP) is 14.5. The van der Waals surface area contributed by atoms with Gasteiger partial charge < -0.3 is 20.3 Å². The highest BCUT2D eigenvalue weighted by atomic mass is 16.5. The average Bonchev–Trinajstić information content (AvgIpc) is 3.22. The van der Waals surface area contributed by atoms with E-state index in [1.165, 1.54) is 96.3 Å². The summed E-state index contributed by atoms with van der Waals surface area (Å²) in [6, 6.07) is -0.722. The molecule has 0 aliphatic carbocycles. The smallest absolute Gasteiger partial charge is 0.306 e. The van der Waals surface area contributed by atoms with Crippen LogP contribution in [0.3, 0.4) is 0 Å². The highest BCUT2D eigenvalue weighted by Gasteiger charge is 2.24. The van der Waals surface area contributed by atoms with Crippen LogP contribution in [-0.2, 0) is 14.3 Å². The molecule has 6 nitrogen and oxygen atoms in total. The third kappa shape index (κ3) is 40.3. The number of nitrogens with one attached hydrogen (secondary N) is 1. The fourth-order valence-electron chi connectivity index (χ4n) is 7.13. The molecule has 0 saturated carbocycles. The highest BCUT2D eigenvalue weighted by molar-refractivity contribution is 5.77. The number of carbonyl (C=O) groups is 2. The van der Waals surface area contributed by atoms with E-state index < -0.39 is 18.2 Å². The van der Waals surface area contributed by atoms with Crippen molar-refractivity contribution in [3.05, 3.63) is 60.8 Å². The molecule has 0 saturated heterocycles. The van der Waals surface area contributed by atoms with E-state index in [9.17, 15) is 19.8 Å². The second-order valence-electron chi connectivity index (χ2n) is 16.5. The Kier molecular flexibility index (Phi) is 43.7. The molecule has 0 aromatic carbocycles. The molecule has 0 aliphatic heterocycles. The first-order valence-corrected chi connectivity index (χ1v) is 24.5.